The summed E-state index contributed by atoms with van der Waals surface area (Å²) in [6.07, 6.45) is 2.13. The summed E-state index contributed by atoms with van der Waals surface area (Å²) in [5.41, 5.74) is 3.97. The van der Waals surface area contributed by atoms with Crippen LogP contribution in [0.1, 0.15) is 36.1 Å². The van der Waals surface area contributed by atoms with Crippen molar-refractivity contribution in [3.05, 3.63) is 70.2 Å². The lowest BCUT2D eigenvalue weighted by Crippen LogP contribution is -2.24. The first-order chi connectivity index (χ1) is 9.69. The molecule has 2 aromatic rings. The van der Waals surface area contributed by atoms with E-state index in [4.69, 9.17) is 11.6 Å². The zero-order chi connectivity index (χ0) is 14.4. The molecule has 2 heteroatoms. The van der Waals surface area contributed by atoms with Gasteiger partial charge in [0.15, 0.2) is 0 Å². The number of halogens is 1. The van der Waals surface area contributed by atoms with Gasteiger partial charge in [0.1, 0.15) is 0 Å². The van der Waals surface area contributed by atoms with Crippen molar-refractivity contribution in [3.63, 3.8) is 0 Å². The molecule has 0 aliphatic carbocycles. The van der Waals surface area contributed by atoms with Crippen molar-refractivity contribution in [1.29, 1.82) is 0 Å². The molecule has 0 saturated carbocycles. The van der Waals surface area contributed by atoms with E-state index in [1.54, 1.807) is 0 Å². The lowest BCUT2D eigenvalue weighted by atomic mass is 9.97. The summed E-state index contributed by atoms with van der Waals surface area (Å²) in [6.45, 7) is 5.37. The summed E-state index contributed by atoms with van der Waals surface area (Å²) in [6, 6.07) is 17.2. The van der Waals surface area contributed by atoms with Crippen LogP contribution in [0.15, 0.2) is 48.5 Å². The maximum absolute atomic E-state index is 5.95. The summed E-state index contributed by atoms with van der Waals surface area (Å²) in [4.78, 5) is 0. The topological polar surface area (TPSA) is 12.0 Å². The summed E-state index contributed by atoms with van der Waals surface area (Å²) in [7, 11) is 0. The molecular formula is C18H22ClN. The van der Waals surface area contributed by atoms with Crippen molar-refractivity contribution in [1.82, 2.24) is 5.32 Å². The summed E-state index contributed by atoms with van der Waals surface area (Å²) >= 11 is 5.95. The molecular weight excluding hydrogens is 266 g/mol. The molecule has 106 valence electrons. The van der Waals surface area contributed by atoms with Crippen LogP contribution in [0.25, 0.3) is 0 Å². The number of aryl methyl sites for hydroxylation is 1. The predicted octanol–water partition coefficient (Wildman–Crippen LogP) is 4.93. The van der Waals surface area contributed by atoms with Gasteiger partial charge in [-0.25, -0.2) is 0 Å². The van der Waals surface area contributed by atoms with Crippen molar-refractivity contribution in [2.45, 2.75) is 32.7 Å². The van der Waals surface area contributed by atoms with E-state index in [2.05, 4.69) is 55.6 Å². The molecule has 0 spiro atoms. The normalized spacial score (nSPS) is 12.3. The maximum atomic E-state index is 5.95. The van der Waals surface area contributed by atoms with Crippen LogP contribution in [-0.2, 0) is 6.42 Å². The number of rotatable bonds is 6. The predicted molar refractivity (Wildman–Crippen MR) is 87.4 cm³/mol. The fourth-order valence-corrected chi connectivity index (χ4v) is 2.50. The Kier molecular flexibility index (Phi) is 5.63. The lowest BCUT2D eigenvalue weighted by molar-refractivity contribution is 0.529. The van der Waals surface area contributed by atoms with Crippen LogP contribution in [0.2, 0.25) is 5.02 Å². The van der Waals surface area contributed by atoms with Crippen molar-refractivity contribution in [2.75, 3.05) is 6.54 Å². The van der Waals surface area contributed by atoms with Crippen LogP contribution in [0, 0.1) is 6.92 Å². The molecule has 1 N–H and O–H groups in total. The van der Waals surface area contributed by atoms with Gasteiger partial charge in [-0.1, -0.05) is 60.5 Å². The molecule has 0 amide bonds. The number of hydrogen-bond donors (Lipinski definition) is 1. The Morgan fingerprint density at radius 2 is 1.85 bits per heavy atom. The van der Waals surface area contributed by atoms with Crippen molar-refractivity contribution in [3.8, 4) is 0 Å². The molecule has 0 aromatic heterocycles. The Morgan fingerprint density at radius 3 is 2.50 bits per heavy atom. The SMILES string of the molecule is CCCNC(Cc1ccc(Cl)cc1)c1cccc(C)c1. The molecule has 0 aliphatic heterocycles. The van der Waals surface area contributed by atoms with E-state index in [1.807, 2.05) is 12.1 Å². The lowest BCUT2D eigenvalue weighted by Gasteiger charge is -2.20. The van der Waals surface area contributed by atoms with Gasteiger partial charge < -0.3 is 5.32 Å². The van der Waals surface area contributed by atoms with Crippen LogP contribution < -0.4 is 5.32 Å². The molecule has 2 rings (SSSR count). The number of benzene rings is 2. The Morgan fingerprint density at radius 1 is 1.10 bits per heavy atom. The van der Waals surface area contributed by atoms with Gasteiger partial charge >= 0.3 is 0 Å². The highest BCUT2D eigenvalue weighted by Gasteiger charge is 2.11. The molecule has 0 aliphatic rings. The van der Waals surface area contributed by atoms with E-state index in [0.29, 0.717) is 6.04 Å². The third-order valence-electron chi connectivity index (χ3n) is 3.44. The first-order valence-electron chi connectivity index (χ1n) is 7.23. The maximum Gasteiger partial charge on any atom is 0.0406 e. The van der Waals surface area contributed by atoms with E-state index in [9.17, 15) is 0 Å². The minimum atomic E-state index is 0.357. The average molecular weight is 288 g/mol. The second-order valence-corrected chi connectivity index (χ2v) is 5.69. The summed E-state index contributed by atoms with van der Waals surface area (Å²) < 4.78 is 0. The van der Waals surface area contributed by atoms with Gasteiger partial charge in [-0.2, -0.15) is 0 Å². The van der Waals surface area contributed by atoms with Crippen LogP contribution in [0.5, 0.6) is 0 Å². The fraction of sp³-hybridized carbons (Fsp3) is 0.333. The third-order valence-corrected chi connectivity index (χ3v) is 3.69. The van der Waals surface area contributed by atoms with Crippen LogP contribution in [-0.4, -0.2) is 6.54 Å². The third kappa shape index (κ3) is 4.36. The smallest absolute Gasteiger partial charge is 0.0406 e. The Hall–Kier alpha value is -1.31. The minimum Gasteiger partial charge on any atom is -0.310 e. The fourth-order valence-electron chi connectivity index (χ4n) is 2.37. The largest absolute Gasteiger partial charge is 0.310 e. The van der Waals surface area contributed by atoms with Gasteiger partial charge in [0.05, 0.1) is 0 Å². The van der Waals surface area contributed by atoms with Gasteiger partial charge in [0.2, 0.25) is 0 Å². The van der Waals surface area contributed by atoms with Crippen molar-refractivity contribution in [2.24, 2.45) is 0 Å². The molecule has 0 radical (unpaired) electrons. The van der Waals surface area contributed by atoms with E-state index in [1.165, 1.54) is 16.7 Å². The Bertz CT molecular complexity index is 533. The molecule has 2 aromatic carbocycles. The van der Waals surface area contributed by atoms with Crippen molar-refractivity contribution < 1.29 is 0 Å². The Balaban J connectivity index is 2.16. The molecule has 20 heavy (non-hydrogen) atoms. The van der Waals surface area contributed by atoms with Gasteiger partial charge in [-0.05, 0) is 49.6 Å². The minimum absolute atomic E-state index is 0.357. The highest BCUT2D eigenvalue weighted by molar-refractivity contribution is 6.30. The molecule has 1 nitrogen and oxygen atoms in total. The summed E-state index contributed by atoms with van der Waals surface area (Å²) in [5, 5.41) is 4.44. The molecule has 0 heterocycles. The number of hydrogen-bond acceptors (Lipinski definition) is 1. The van der Waals surface area contributed by atoms with Gasteiger partial charge in [-0.15, -0.1) is 0 Å². The molecule has 1 atom stereocenters. The monoisotopic (exact) mass is 287 g/mol. The Labute approximate surface area is 127 Å². The van der Waals surface area contributed by atoms with Crippen molar-refractivity contribution >= 4 is 11.6 Å². The molecule has 1 unspecified atom stereocenters. The molecule has 0 bridgehead atoms. The second-order valence-electron chi connectivity index (χ2n) is 5.25. The first-order valence-corrected chi connectivity index (χ1v) is 7.61. The zero-order valence-electron chi connectivity index (χ0n) is 12.2. The van der Waals surface area contributed by atoms with Gasteiger partial charge in [0.25, 0.3) is 0 Å². The highest BCUT2D eigenvalue weighted by atomic mass is 35.5. The zero-order valence-corrected chi connectivity index (χ0v) is 13.0. The van der Waals surface area contributed by atoms with Gasteiger partial charge in [-0.3, -0.25) is 0 Å². The summed E-state index contributed by atoms with van der Waals surface area (Å²) in [5.74, 6) is 0. The number of nitrogens with one attached hydrogen (secondary N) is 1. The van der Waals surface area contributed by atoms with Crippen LogP contribution >= 0.6 is 11.6 Å². The van der Waals surface area contributed by atoms with E-state index >= 15 is 0 Å². The van der Waals surface area contributed by atoms with Crippen LogP contribution in [0.4, 0.5) is 0 Å². The first kappa shape index (κ1) is 15.1. The molecule has 0 saturated heterocycles. The highest BCUT2D eigenvalue weighted by Crippen LogP contribution is 2.20. The standard InChI is InChI=1S/C18H22ClN/c1-3-11-20-18(16-6-4-5-14(2)12-16)13-15-7-9-17(19)10-8-15/h4-10,12,18,20H,3,11,13H2,1-2H3. The van der Waals surface area contributed by atoms with Crippen LogP contribution in [0.3, 0.4) is 0 Å². The molecule has 0 fully saturated rings. The van der Waals surface area contributed by atoms with E-state index < -0.39 is 0 Å². The van der Waals surface area contributed by atoms with E-state index in [-0.39, 0.29) is 0 Å². The van der Waals surface area contributed by atoms with E-state index in [0.717, 1.165) is 24.4 Å². The second kappa shape index (κ2) is 7.47. The average Bonchev–Trinajstić information content (AvgIpc) is 2.45. The quantitative estimate of drug-likeness (QED) is 0.794. The van der Waals surface area contributed by atoms with Gasteiger partial charge in [0, 0.05) is 11.1 Å².